The number of hydrogen-bond donors (Lipinski definition) is 1. The molecule has 2 rings (SSSR count). The highest BCUT2D eigenvalue weighted by Crippen LogP contribution is 2.30. The molecule has 17 heavy (non-hydrogen) atoms. The topological polar surface area (TPSA) is 23.5 Å². The molecular formula is C15H23NO. The van der Waals surface area contributed by atoms with Crippen LogP contribution in [0.4, 0.5) is 0 Å². The van der Waals surface area contributed by atoms with E-state index in [1.165, 1.54) is 30.5 Å². The molecule has 0 fully saturated rings. The highest BCUT2D eigenvalue weighted by atomic mass is 16.3. The van der Waals surface area contributed by atoms with Gasteiger partial charge in [0.05, 0.1) is 0 Å². The Balaban J connectivity index is 2.14. The normalized spacial score (nSPS) is 19.4. The summed E-state index contributed by atoms with van der Waals surface area (Å²) in [6.45, 7) is 6.75. The van der Waals surface area contributed by atoms with E-state index >= 15 is 0 Å². The number of aryl methyl sites for hydroxylation is 1. The average Bonchev–Trinajstić information content (AvgIpc) is 2.36. The third kappa shape index (κ3) is 2.63. The maximum absolute atomic E-state index is 9.94. The molecule has 0 heterocycles. The zero-order valence-corrected chi connectivity index (χ0v) is 10.9. The minimum Gasteiger partial charge on any atom is -0.508 e. The quantitative estimate of drug-likeness (QED) is 0.864. The number of hydrogen-bond acceptors (Lipinski definition) is 2. The summed E-state index contributed by atoms with van der Waals surface area (Å²) in [5, 5.41) is 9.94. The molecule has 0 bridgehead atoms. The lowest BCUT2D eigenvalue weighted by Crippen LogP contribution is -2.39. The van der Waals surface area contributed by atoms with Crippen LogP contribution < -0.4 is 0 Å². The minimum absolute atomic E-state index is 0.486. The number of phenolic OH excluding ortho intramolecular Hbond substituents is 1. The van der Waals surface area contributed by atoms with Gasteiger partial charge in [-0.2, -0.15) is 0 Å². The number of likely N-dealkylation sites (N-methyl/N-ethyl adjacent to an activating group) is 1. The first-order chi connectivity index (χ1) is 8.26. The smallest absolute Gasteiger partial charge is 0.119 e. The van der Waals surface area contributed by atoms with Crippen molar-refractivity contribution in [1.82, 2.24) is 4.90 Å². The van der Waals surface area contributed by atoms with Crippen molar-refractivity contribution < 1.29 is 5.11 Å². The second-order valence-corrected chi connectivity index (χ2v) is 4.94. The van der Waals surface area contributed by atoms with Crippen LogP contribution in [0.3, 0.4) is 0 Å². The molecule has 0 aliphatic heterocycles. The van der Waals surface area contributed by atoms with Gasteiger partial charge in [0.15, 0.2) is 0 Å². The Morgan fingerprint density at radius 2 is 2.18 bits per heavy atom. The lowest BCUT2D eigenvalue weighted by Gasteiger charge is -2.34. The van der Waals surface area contributed by atoms with Crippen molar-refractivity contribution >= 4 is 0 Å². The van der Waals surface area contributed by atoms with E-state index < -0.39 is 0 Å². The number of phenols is 1. The molecule has 1 aromatic carbocycles. The van der Waals surface area contributed by atoms with Gasteiger partial charge in [-0.25, -0.2) is 0 Å². The minimum atomic E-state index is 0.486. The van der Waals surface area contributed by atoms with Gasteiger partial charge in [0, 0.05) is 6.04 Å². The average molecular weight is 233 g/mol. The molecule has 0 spiro atoms. The number of benzene rings is 1. The highest BCUT2D eigenvalue weighted by Gasteiger charge is 2.24. The molecule has 1 unspecified atom stereocenters. The third-order valence-corrected chi connectivity index (χ3v) is 3.87. The molecule has 1 N–H and O–H groups in total. The molecule has 1 atom stereocenters. The fourth-order valence-corrected chi connectivity index (χ4v) is 2.95. The van der Waals surface area contributed by atoms with E-state index in [1.54, 1.807) is 0 Å². The van der Waals surface area contributed by atoms with Crippen LogP contribution in [0, 0.1) is 0 Å². The molecule has 1 aromatic rings. The van der Waals surface area contributed by atoms with Crippen LogP contribution in [0.1, 0.15) is 37.8 Å². The monoisotopic (exact) mass is 233 g/mol. The first-order valence-electron chi connectivity index (χ1n) is 6.80. The summed E-state index contributed by atoms with van der Waals surface area (Å²) in [6.07, 6.45) is 4.55. The fraction of sp³-hybridized carbons (Fsp3) is 0.600. The van der Waals surface area contributed by atoms with Crippen molar-refractivity contribution in [2.24, 2.45) is 0 Å². The molecular weight excluding hydrogens is 210 g/mol. The first-order valence-corrected chi connectivity index (χ1v) is 6.80. The second-order valence-electron chi connectivity index (χ2n) is 4.94. The van der Waals surface area contributed by atoms with Crippen molar-refractivity contribution in [1.29, 1.82) is 0 Å². The van der Waals surface area contributed by atoms with Crippen LogP contribution in [0.25, 0.3) is 0 Å². The van der Waals surface area contributed by atoms with Crippen molar-refractivity contribution in [2.45, 2.75) is 45.6 Å². The van der Waals surface area contributed by atoms with E-state index in [0.717, 1.165) is 19.4 Å². The number of fused-ring (bicyclic) bond motifs is 1. The first kappa shape index (κ1) is 12.4. The Morgan fingerprint density at radius 1 is 1.35 bits per heavy atom. The molecule has 0 saturated carbocycles. The molecule has 94 valence electrons. The van der Waals surface area contributed by atoms with Crippen LogP contribution >= 0.6 is 0 Å². The van der Waals surface area contributed by atoms with Crippen molar-refractivity contribution in [3.05, 3.63) is 29.3 Å². The number of rotatable bonds is 4. The fourth-order valence-electron chi connectivity index (χ4n) is 2.95. The molecule has 0 amide bonds. The van der Waals surface area contributed by atoms with Gasteiger partial charge in [-0.1, -0.05) is 26.0 Å². The van der Waals surface area contributed by atoms with Crippen molar-refractivity contribution in [3.63, 3.8) is 0 Å². The lowest BCUT2D eigenvalue weighted by molar-refractivity contribution is 0.188. The molecule has 1 aliphatic rings. The van der Waals surface area contributed by atoms with Crippen LogP contribution in [0.15, 0.2) is 18.2 Å². The lowest BCUT2D eigenvalue weighted by atomic mass is 9.87. The predicted molar refractivity (Wildman–Crippen MR) is 71.5 cm³/mol. The van der Waals surface area contributed by atoms with Gasteiger partial charge >= 0.3 is 0 Å². The van der Waals surface area contributed by atoms with Crippen LogP contribution in [-0.4, -0.2) is 29.1 Å². The van der Waals surface area contributed by atoms with E-state index in [9.17, 15) is 5.11 Å². The van der Waals surface area contributed by atoms with E-state index in [-0.39, 0.29) is 0 Å². The van der Waals surface area contributed by atoms with Crippen molar-refractivity contribution in [2.75, 3.05) is 13.1 Å². The van der Waals surface area contributed by atoms with Crippen LogP contribution in [-0.2, 0) is 12.8 Å². The molecule has 2 nitrogen and oxygen atoms in total. The SMILES string of the molecule is CCCN(CC)C1CCc2cccc(O)c2C1. The Labute approximate surface area is 104 Å². The molecule has 0 radical (unpaired) electrons. The zero-order valence-electron chi connectivity index (χ0n) is 10.9. The van der Waals surface area contributed by atoms with E-state index in [1.807, 2.05) is 12.1 Å². The summed E-state index contributed by atoms with van der Waals surface area (Å²) in [4.78, 5) is 2.55. The summed E-state index contributed by atoms with van der Waals surface area (Å²) >= 11 is 0. The molecule has 2 heteroatoms. The van der Waals surface area contributed by atoms with Gasteiger partial charge in [0.2, 0.25) is 0 Å². The number of nitrogens with zero attached hydrogens (tertiary/aromatic N) is 1. The van der Waals surface area contributed by atoms with Gasteiger partial charge in [0.25, 0.3) is 0 Å². The summed E-state index contributed by atoms with van der Waals surface area (Å²) in [5.41, 5.74) is 2.52. The van der Waals surface area contributed by atoms with E-state index in [4.69, 9.17) is 0 Å². The highest BCUT2D eigenvalue weighted by molar-refractivity contribution is 5.41. The third-order valence-electron chi connectivity index (χ3n) is 3.87. The van der Waals surface area contributed by atoms with Gasteiger partial charge in [-0.05, 0) is 56.0 Å². The van der Waals surface area contributed by atoms with Crippen molar-refractivity contribution in [3.8, 4) is 5.75 Å². The van der Waals surface area contributed by atoms with Gasteiger partial charge < -0.3 is 10.0 Å². The van der Waals surface area contributed by atoms with Gasteiger partial charge in [-0.15, -0.1) is 0 Å². The predicted octanol–water partition coefficient (Wildman–Crippen LogP) is 2.98. The zero-order chi connectivity index (χ0) is 12.3. The molecule has 0 aromatic heterocycles. The Bertz CT molecular complexity index is 375. The Hall–Kier alpha value is -1.02. The molecule has 1 aliphatic carbocycles. The summed E-state index contributed by atoms with van der Waals surface area (Å²) in [6, 6.07) is 6.54. The maximum atomic E-state index is 9.94. The maximum Gasteiger partial charge on any atom is 0.119 e. The summed E-state index contributed by atoms with van der Waals surface area (Å²) < 4.78 is 0. The second kappa shape index (κ2) is 5.54. The summed E-state index contributed by atoms with van der Waals surface area (Å²) in [5.74, 6) is 0.486. The Kier molecular flexibility index (Phi) is 4.06. The molecule has 0 saturated heterocycles. The van der Waals surface area contributed by atoms with Crippen LogP contribution in [0.5, 0.6) is 5.75 Å². The van der Waals surface area contributed by atoms with Gasteiger partial charge in [0.1, 0.15) is 5.75 Å². The van der Waals surface area contributed by atoms with Gasteiger partial charge in [-0.3, -0.25) is 0 Å². The number of aromatic hydroxyl groups is 1. The van der Waals surface area contributed by atoms with Crippen LogP contribution in [0.2, 0.25) is 0 Å². The summed E-state index contributed by atoms with van der Waals surface area (Å²) in [7, 11) is 0. The standard InChI is InChI=1S/C15H23NO/c1-3-10-16(4-2)13-9-8-12-6-5-7-15(17)14(12)11-13/h5-7,13,17H,3-4,8-11H2,1-2H3. The Morgan fingerprint density at radius 3 is 2.88 bits per heavy atom. The van der Waals surface area contributed by atoms with E-state index in [2.05, 4.69) is 24.8 Å². The van der Waals surface area contributed by atoms with E-state index in [0.29, 0.717) is 11.8 Å². The largest absolute Gasteiger partial charge is 0.508 e.